The molecule has 1 amide bonds. The number of H-pyrrole nitrogens is 1. The Hall–Kier alpha value is -2.35. The summed E-state index contributed by atoms with van der Waals surface area (Å²) in [5, 5.41) is 6.63. The van der Waals surface area contributed by atoms with Gasteiger partial charge in [-0.25, -0.2) is 0 Å². The van der Waals surface area contributed by atoms with Crippen molar-refractivity contribution in [3.05, 3.63) is 24.0 Å². The smallest absolute Gasteiger partial charge is 0.229 e. The minimum atomic E-state index is -0.432. The van der Waals surface area contributed by atoms with Crippen LogP contribution in [0.3, 0.4) is 0 Å². The number of hydrogen-bond donors (Lipinski definition) is 2. The molecule has 0 atom stereocenters. The van der Waals surface area contributed by atoms with Crippen molar-refractivity contribution < 1.29 is 4.79 Å². The van der Waals surface area contributed by atoms with E-state index >= 15 is 0 Å². The fourth-order valence-corrected chi connectivity index (χ4v) is 1.13. The summed E-state index contributed by atoms with van der Waals surface area (Å²) in [7, 11) is 0. The number of hydrogen-bond acceptors (Lipinski definition) is 3. The van der Waals surface area contributed by atoms with Gasteiger partial charge in [0.2, 0.25) is 5.91 Å². The van der Waals surface area contributed by atoms with Gasteiger partial charge in [0, 0.05) is 11.8 Å². The highest BCUT2D eigenvalue weighted by Crippen LogP contribution is 2.07. The first-order valence-corrected chi connectivity index (χ1v) is 4.32. The van der Waals surface area contributed by atoms with Gasteiger partial charge in [-0.05, 0) is 6.07 Å². The number of nitrogens with zero attached hydrogens (tertiary/aromatic N) is 2. The number of pyridine rings is 1. The lowest BCUT2D eigenvalue weighted by Crippen LogP contribution is -2.08. The van der Waals surface area contributed by atoms with Crippen LogP contribution in [0.25, 0.3) is 11.0 Å². The van der Waals surface area contributed by atoms with Crippen LogP contribution >= 0.6 is 0 Å². The van der Waals surface area contributed by atoms with Crippen LogP contribution in [-0.4, -0.2) is 21.1 Å². The Kier molecular flexibility index (Phi) is 2.33. The molecule has 0 aliphatic rings. The number of nitrogens with two attached hydrogens (primary N) is 1. The maximum absolute atomic E-state index is 10.4. The van der Waals surface area contributed by atoms with E-state index in [1.165, 1.54) is 0 Å². The Balaban J connectivity index is 2.27. The van der Waals surface area contributed by atoms with Crippen molar-refractivity contribution in [3.8, 4) is 11.8 Å². The van der Waals surface area contributed by atoms with Crippen LogP contribution in [-0.2, 0) is 4.79 Å². The summed E-state index contributed by atoms with van der Waals surface area (Å²) in [6.07, 6.45) is 3.32. The van der Waals surface area contributed by atoms with Crippen molar-refractivity contribution in [2.24, 2.45) is 5.73 Å². The minimum absolute atomic E-state index is 0.0566. The molecule has 0 bridgehead atoms. The van der Waals surface area contributed by atoms with Gasteiger partial charge in [0.25, 0.3) is 0 Å². The third-order valence-electron chi connectivity index (χ3n) is 1.79. The fraction of sp³-hybridized carbons (Fsp3) is 0.100. The van der Waals surface area contributed by atoms with Crippen molar-refractivity contribution in [1.82, 2.24) is 15.2 Å². The Morgan fingerprint density at radius 1 is 1.53 bits per heavy atom. The van der Waals surface area contributed by atoms with Gasteiger partial charge in [-0.2, -0.15) is 5.10 Å². The standard InChI is InChI=1S/C10H8N4O/c11-10(15)3-1-2-7-4-8-9(12-5-7)6-13-14-8/h4-6H,3H2,(H2,11,15)(H,13,14). The highest BCUT2D eigenvalue weighted by Gasteiger charge is 1.96. The normalized spacial score (nSPS) is 9.60. The number of carbonyl (C=O) groups is 1. The zero-order valence-electron chi connectivity index (χ0n) is 7.82. The minimum Gasteiger partial charge on any atom is -0.369 e. The average Bonchev–Trinajstić information content (AvgIpc) is 2.64. The van der Waals surface area contributed by atoms with Crippen LogP contribution in [0, 0.1) is 11.8 Å². The Bertz CT molecular complexity index is 561. The Morgan fingerprint density at radius 3 is 3.20 bits per heavy atom. The van der Waals surface area contributed by atoms with Crippen LogP contribution in [0.5, 0.6) is 0 Å². The molecule has 0 saturated carbocycles. The maximum Gasteiger partial charge on any atom is 0.229 e. The van der Waals surface area contributed by atoms with E-state index < -0.39 is 5.91 Å². The molecule has 0 aromatic carbocycles. The molecule has 0 radical (unpaired) electrons. The van der Waals surface area contributed by atoms with E-state index in [0.717, 1.165) is 16.6 Å². The first kappa shape index (κ1) is 9.21. The zero-order chi connectivity index (χ0) is 10.7. The van der Waals surface area contributed by atoms with Gasteiger partial charge in [0.15, 0.2) is 0 Å². The van der Waals surface area contributed by atoms with Gasteiger partial charge in [-0.3, -0.25) is 14.9 Å². The number of aromatic nitrogens is 3. The highest BCUT2D eigenvalue weighted by molar-refractivity contribution is 5.77. The fourth-order valence-electron chi connectivity index (χ4n) is 1.13. The van der Waals surface area contributed by atoms with Crippen molar-refractivity contribution >= 4 is 16.9 Å². The number of rotatable bonds is 1. The molecule has 0 aliphatic carbocycles. The molecule has 0 spiro atoms. The second kappa shape index (κ2) is 3.80. The van der Waals surface area contributed by atoms with E-state index in [2.05, 4.69) is 27.0 Å². The van der Waals surface area contributed by atoms with Gasteiger partial charge in [0.05, 0.1) is 18.1 Å². The van der Waals surface area contributed by atoms with Gasteiger partial charge in [-0.1, -0.05) is 11.8 Å². The maximum atomic E-state index is 10.4. The molecule has 2 heterocycles. The lowest BCUT2D eigenvalue weighted by atomic mass is 10.2. The molecule has 0 aliphatic heterocycles. The summed E-state index contributed by atoms with van der Waals surface area (Å²) in [6.45, 7) is 0. The number of primary amides is 1. The van der Waals surface area contributed by atoms with E-state index in [1.54, 1.807) is 12.4 Å². The molecule has 0 unspecified atom stereocenters. The molecule has 2 aromatic heterocycles. The molecule has 74 valence electrons. The lowest BCUT2D eigenvalue weighted by Gasteiger charge is -1.89. The van der Waals surface area contributed by atoms with Crippen molar-refractivity contribution in [3.63, 3.8) is 0 Å². The van der Waals surface area contributed by atoms with E-state index in [-0.39, 0.29) is 6.42 Å². The molecular weight excluding hydrogens is 192 g/mol. The molecule has 0 saturated heterocycles. The largest absolute Gasteiger partial charge is 0.369 e. The molecule has 5 nitrogen and oxygen atoms in total. The van der Waals surface area contributed by atoms with Crippen LogP contribution in [0.2, 0.25) is 0 Å². The van der Waals surface area contributed by atoms with Gasteiger partial charge in [0.1, 0.15) is 5.52 Å². The van der Waals surface area contributed by atoms with Gasteiger partial charge in [-0.15, -0.1) is 0 Å². The summed E-state index contributed by atoms with van der Waals surface area (Å²) in [5.41, 5.74) is 7.29. The number of fused-ring (bicyclic) bond motifs is 1. The summed E-state index contributed by atoms with van der Waals surface area (Å²) in [4.78, 5) is 14.6. The lowest BCUT2D eigenvalue weighted by molar-refractivity contribution is -0.117. The molecule has 3 N–H and O–H groups in total. The quantitative estimate of drug-likeness (QED) is 0.644. The molecular formula is C10H8N4O. The van der Waals surface area contributed by atoms with E-state index in [9.17, 15) is 4.79 Å². The number of nitrogens with one attached hydrogen (secondary N) is 1. The van der Waals surface area contributed by atoms with E-state index in [0.29, 0.717) is 0 Å². The SMILES string of the molecule is NC(=O)CC#Cc1cnc2cn[nH]c2c1. The summed E-state index contributed by atoms with van der Waals surface area (Å²) in [5.74, 6) is 5.02. The van der Waals surface area contributed by atoms with Crippen molar-refractivity contribution in [1.29, 1.82) is 0 Å². The molecule has 2 rings (SSSR count). The third kappa shape index (κ3) is 2.11. The monoisotopic (exact) mass is 200 g/mol. The van der Waals surface area contributed by atoms with Crippen molar-refractivity contribution in [2.75, 3.05) is 0 Å². The molecule has 2 aromatic rings. The zero-order valence-corrected chi connectivity index (χ0v) is 7.82. The molecule has 15 heavy (non-hydrogen) atoms. The second-order valence-corrected chi connectivity index (χ2v) is 2.97. The highest BCUT2D eigenvalue weighted by atomic mass is 16.1. The van der Waals surface area contributed by atoms with Crippen LogP contribution in [0.15, 0.2) is 18.5 Å². The third-order valence-corrected chi connectivity index (χ3v) is 1.79. The van der Waals surface area contributed by atoms with E-state index in [4.69, 9.17) is 5.73 Å². The number of carbonyl (C=O) groups excluding carboxylic acids is 1. The van der Waals surface area contributed by atoms with Crippen molar-refractivity contribution in [2.45, 2.75) is 6.42 Å². The predicted molar refractivity (Wildman–Crippen MR) is 54.6 cm³/mol. The molecule has 5 heteroatoms. The Labute approximate surface area is 85.7 Å². The van der Waals surface area contributed by atoms with E-state index in [1.807, 2.05) is 6.07 Å². The topological polar surface area (TPSA) is 84.7 Å². The number of aromatic amines is 1. The van der Waals surface area contributed by atoms with Crippen LogP contribution < -0.4 is 5.73 Å². The van der Waals surface area contributed by atoms with Crippen LogP contribution in [0.4, 0.5) is 0 Å². The Morgan fingerprint density at radius 2 is 2.40 bits per heavy atom. The predicted octanol–water partition coefficient (Wildman–Crippen LogP) is 0.185. The first-order valence-electron chi connectivity index (χ1n) is 4.32. The second-order valence-electron chi connectivity index (χ2n) is 2.97. The number of amides is 1. The summed E-state index contributed by atoms with van der Waals surface area (Å²) < 4.78 is 0. The van der Waals surface area contributed by atoms with Crippen LogP contribution in [0.1, 0.15) is 12.0 Å². The summed E-state index contributed by atoms with van der Waals surface area (Å²) >= 11 is 0. The average molecular weight is 200 g/mol. The van der Waals surface area contributed by atoms with Gasteiger partial charge < -0.3 is 5.73 Å². The summed E-state index contributed by atoms with van der Waals surface area (Å²) in [6, 6.07) is 1.82. The first-order chi connectivity index (χ1) is 7.25. The van der Waals surface area contributed by atoms with Gasteiger partial charge >= 0.3 is 0 Å². The molecule has 0 fully saturated rings.